The third-order valence-electron chi connectivity index (χ3n) is 5.11. The summed E-state index contributed by atoms with van der Waals surface area (Å²) < 4.78 is 9.99. The van der Waals surface area contributed by atoms with Crippen LogP contribution in [-0.4, -0.2) is 91.6 Å². The average Bonchev–Trinajstić information content (AvgIpc) is 2.61. The van der Waals surface area contributed by atoms with Gasteiger partial charge in [-0.05, 0) is 25.2 Å². The Morgan fingerprint density at radius 3 is 2.35 bits per heavy atom. The highest BCUT2D eigenvalue weighted by Gasteiger charge is 2.37. The summed E-state index contributed by atoms with van der Waals surface area (Å²) in [6, 6.07) is -0.590. The topological polar surface area (TPSA) is 91.3 Å². The Bertz CT molecular complexity index is 471. The van der Waals surface area contributed by atoms with Crippen molar-refractivity contribution in [2.45, 2.75) is 44.8 Å². The Kier molecular flexibility index (Phi) is 7.67. The van der Waals surface area contributed by atoms with Crippen molar-refractivity contribution in [1.29, 1.82) is 0 Å². The lowest BCUT2D eigenvalue weighted by Gasteiger charge is -2.42. The van der Waals surface area contributed by atoms with Crippen molar-refractivity contribution in [3.63, 3.8) is 0 Å². The van der Waals surface area contributed by atoms with Gasteiger partial charge < -0.3 is 24.8 Å². The average molecular weight is 371 g/mol. The summed E-state index contributed by atoms with van der Waals surface area (Å²) in [7, 11) is 1.29. The summed E-state index contributed by atoms with van der Waals surface area (Å²) in [6.45, 7) is 8.72. The number of piperidine rings is 1. The van der Waals surface area contributed by atoms with Crippen LogP contribution in [-0.2, 0) is 14.3 Å². The molecule has 2 aliphatic heterocycles. The molecular formula is C18H33N3O5. The Morgan fingerprint density at radius 1 is 1.19 bits per heavy atom. The van der Waals surface area contributed by atoms with Crippen LogP contribution in [0.4, 0.5) is 4.79 Å². The normalized spacial score (nSPS) is 22.1. The third kappa shape index (κ3) is 6.10. The molecule has 0 aliphatic carbocycles. The van der Waals surface area contributed by atoms with Crippen LogP contribution in [0.5, 0.6) is 0 Å². The van der Waals surface area contributed by atoms with Gasteiger partial charge in [-0.2, -0.15) is 0 Å². The maximum Gasteiger partial charge on any atom is 0.407 e. The maximum absolute atomic E-state index is 12.8. The highest BCUT2D eigenvalue weighted by Crippen LogP contribution is 2.25. The van der Waals surface area contributed by atoms with E-state index in [-0.39, 0.29) is 11.8 Å². The standard InChI is InChI=1S/C18H33N3O5/c1-14(2)12-15(19-17(23)25-3)16(22)21-6-4-18(24,5-7-21)13-20-8-10-26-11-9-20/h14-15,24H,4-13H2,1-3H3,(H,19,23)/t15-/m1/s1. The van der Waals surface area contributed by atoms with Crippen molar-refractivity contribution >= 4 is 12.0 Å². The zero-order valence-electron chi connectivity index (χ0n) is 16.2. The van der Waals surface area contributed by atoms with Gasteiger partial charge in [0.05, 0.1) is 25.9 Å². The number of carbonyl (C=O) groups excluding carboxylic acids is 2. The largest absolute Gasteiger partial charge is 0.453 e. The van der Waals surface area contributed by atoms with Crippen molar-refractivity contribution in [3.05, 3.63) is 0 Å². The first kappa shape index (κ1) is 20.9. The molecule has 0 saturated carbocycles. The molecule has 2 saturated heterocycles. The molecule has 2 N–H and O–H groups in total. The Labute approximate surface area is 155 Å². The lowest BCUT2D eigenvalue weighted by atomic mass is 9.90. The summed E-state index contributed by atoms with van der Waals surface area (Å²) >= 11 is 0. The van der Waals surface area contributed by atoms with Gasteiger partial charge in [-0.3, -0.25) is 9.69 Å². The van der Waals surface area contributed by atoms with Crippen molar-refractivity contribution < 1.29 is 24.2 Å². The van der Waals surface area contributed by atoms with E-state index >= 15 is 0 Å². The molecule has 0 aromatic heterocycles. The molecule has 1 atom stereocenters. The summed E-state index contributed by atoms with van der Waals surface area (Å²) in [4.78, 5) is 28.4. The van der Waals surface area contributed by atoms with E-state index in [1.165, 1.54) is 7.11 Å². The lowest BCUT2D eigenvalue weighted by Crippen LogP contribution is -2.56. The molecule has 2 amide bonds. The Morgan fingerprint density at radius 2 is 1.81 bits per heavy atom. The van der Waals surface area contributed by atoms with E-state index in [1.807, 2.05) is 13.8 Å². The molecule has 2 fully saturated rings. The maximum atomic E-state index is 12.8. The number of aliphatic hydroxyl groups is 1. The van der Waals surface area contributed by atoms with E-state index in [2.05, 4.69) is 15.0 Å². The SMILES string of the molecule is COC(=O)N[C@H](CC(C)C)C(=O)N1CCC(O)(CN2CCOCC2)CC1. The predicted octanol–water partition coefficient (Wildman–Crippen LogP) is 0.443. The molecule has 2 rings (SSSR count). The number of alkyl carbamates (subject to hydrolysis) is 1. The molecule has 0 radical (unpaired) electrons. The Balaban J connectivity index is 1.89. The van der Waals surface area contributed by atoms with Crippen LogP contribution < -0.4 is 5.32 Å². The number of carbonyl (C=O) groups is 2. The number of rotatable bonds is 6. The smallest absolute Gasteiger partial charge is 0.407 e. The third-order valence-corrected chi connectivity index (χ3v) is 5.11. The number of methoxy groups -OCH3 is 1. The number of β-amino-alcohol motifs (C(OH)–C–C–N with tert-alkyl or cyclic N) is 1. The van der Waals surface area contributed by atoms with Crippen LogP contribution >= 0.6 is 0 Å². The van der Waals surface area contributed by atoms with Crippen molar-refractivity contribution in [2.24, 2.45) is 5.92 Å². The van der Waals surface area contributed by atoms with Gasteiger partial charge in [0.1, 0.15) is 6.04 Å². The number of hydrogen-bond donors (Lipinski definition) is 2. The second kappa shape index (κ2) is 9.53. The molecule has 0 aromatic rings. The van der Waals surface area contributed by atoms with E-state index in [4.69, 9.17) is 4.74 Å². The van der Waals surface area contributed by atoms with E-state index < -0.39 is 17.7 Å². The van der Waals surface area contributed by atoms with Gasteiger partial charge in [-0.25, -0.2) is 4.79 Å². The molecule has 8 nitrogen and oxygen atoms in total. The molecule has 26 heavy (non-hydrogen) atoms. The molecule has 0 spiro atoms. The fourth-order valence-corrected chi connectivity index (χ4v) is 3.59. The van der Waals surface area contributed by atoms with Gasteiger partial charge in [-0.1, -0.05) is 13.8 Å². The van der Waals surface area contributed by atoms with Gasteiger partial charge in [-0.15, -0.1) is 0 Å². The highest BCUT2D eigenvalue weighted by atomic mass is 16.5. The highest BCUT2D eigenvalue weighted by molar-refractivity contribution is 5.85. The quantitative estimate of drug-likeness (QED) is 0.704. The molecule has 0 aromatic carbocycles. The minimum atomic E-state index is -0.766. The molecule has 150 valence electrons. The van der Waals surface area contributed by atoms with Gasteiger partial charge in [0, 0.05) is 32.7 Å². The summed E-state index contributed by atoms with van der Waals surface area (Å²) in [5.41, 5.74) is -0.766. The molecule has 0 unspecified atom stereocenters. The first-order valence-corrected chi connectivity index (χ1v) is 9.49. The summed E-state index contributed by atoms with van der Waals surface area (Å²) in [5, 5.41) is 13.5. The molecule has 8 heteroatoms. The first-order chi connectivity index (χ1) is 12.3. The number of hydrogen-bond acceptors (Lipinski definition) is 6. The number of nitrogens with one attached hydrogen (secondary N) is 1. The summed E-state index contributed by atoms with van der Waals surface area (Å²) in [6.07, 6.45) is 1.05. The van der Waals surface area contributed by atoms with Gasteiger partial charge in [0.25, 0.3) is 0 Å². The van der Waals surface area contributed by atoms with Crippen molar-refractivity contribution in [3.8, 4) is 0 Å². The molecule has 2 heterocycles. The van der Waals surface area contributed by atoms with Crippen molar-refractivity contribution in [1.82, 2.24) is 15.1 Å². The fraction of sp³-hybridized carbons (Fsp3) is 0.889. The fourth-order valence-electron chi connectivity index (χ4n) is 3.59. The van der Waals surface area contributed by atoms with E-state index in [1.54, 1.807) is 4.90 Å². The molecular weight excluding hydrogens is 338 g/mol. The first-order valence-electron chi connectivity index (χ1n) is 9.49. The number of morpholine rings is 1. The number of likely N-dealkylation sites (tertiary alicyclic amines) is 1. The van der Waals surface area contributed by atoms with Crippen molar-refractivity contribution in [2.75, 3.05) is 53.0 Å². The lowest BCUT2D eigenvalue weighted by molar-refractivity contribution is -0.139. The predicted molar refractivity (Wildman–Crippen MR) is 96.8 cm³/mol. The summed E-state index contributed by atoms with van der Waals surface area (Å²) in [5.74, 6) is 0.168. The zero-order chi connectivity index (χ0) is 19.2. The molecule has 2 aliphatic rings. The van der Waals surface area contributed by atoms with E-state index in [0.29, 0.717) is 52.1 Å². The van der Waals surface area contributed by atoms with Crippen LogP contribution in [0.25, 0.3) is 0 Å². The van der Waals surface area contributed by atoms with E-state index in [9.17, 15) is 14.7 Å². The van der Waals surface area contributed by atoms with Crippen LogP contribution in [0.3, 0.4) is 0 Å². The van der Waals surface area contributed by atoms with Gasteiger partial charge >= 0.3 is 6.09 Å². The monoisotopic (exact) mass is 371 g/mol. The van der Waals surface area contributed by atoms with Crippen LogP contribution in [0.1, 0.15) is 33.1 Å². The van der Waals surface area contributed by atoms with Crippen LogP contribution in [0, 0.1) is 5.92 Å². The minimum absolute atomic E-state index is 0.0995. The second-order valence-electron chi connectivity index (χ2n) is 7.76. The van der Waals surface area contributed by atoms with E-state index in [0.717, 1.165) is 13.1 Å². The molecule has 0 bridgehead atoms. The van der Waals surface area contributed by atoms with Gasteiger partial charge in [0.15, 0.2) is 0 Å². The minimum Gasteiger partial charge on any atom is -0.453 e. The zero-order valence-corrected chi connectivity index (χ0v) is 16.2. The van der Waals surface area contributed by atoms with Crippen LogP contribution in [0.15, 0.2) is 0 Å². The number of ether oxygens (including phenoxy) is 2. The second-order valence-corrected chi connectivity index (χ2v) is 7.76. The number of amides is 2. The van der Waals surface area contributed by atoms with Crippen LogP contribution in [0.2, 0.25) is 0 Å². The number of nitrogens with zero attached hydrogens (tertiary/aromatic N) is 2. The van der Waals surface area contributed by atoms with Gasteiger partial charge in [0.2, 0.25) is 5.91 Å². The Hall–Kier alpha value is -1.38.